The van der Waals surface area contributed by atoms with Gasteiger partial charge in [-0.25, -0.2) is 4.98 Å². The highest BCUT2D eigenvalue weighted by Crippen LogP contribution is 2.18. The van der Waals surface area contributed by atoms with Crippen LogP contribution in [0.3, 0.4) is 0 Å². The Balaban J connectivity index is 1.50. The molecule has 7 nitrogen and oxygen atoms in total. The summed E-state index contributed by atoms with van der Waals surface area (Å²) in [5, 5.41) is 3.48. The predicted octanol–water partition coefficient (Wildman–Crippen LogP) is 2.27. The Hall–Kier alpha value is -1.86. The van der Waals surface area contributed by atoms with Crippen molar-refractivity contribution in [2.45, 2.75) is 58.5 Å². The summed E-state index contributed by atoms with van der Waals surface area (Å²) in [5.74, 6) is 1.97. The van der Waals surface area contributed by atoms with E-state index >= 15 is 0 Å². The molecule has 2 unspecified atom stereocenters. The van der Waals surface area contributed by atoms with E-state index in [-0.39, 0.29) is 12.2 Å². The third-order valence-corrected chi connectivity index (χ3v) is 5.36. The van der Waals surface area contributed by atoms with Gasteiger partial charge in [-0.3, -0.25) is 4.99 Å². The van der Waals surface area contributed by atoms with Crippen molar-refractivity contribution >= 4 is 11.8 Å². The van der Waals surface area contributed by atoms with Crippen LogP contribution in [0.2, 0.25) is 0 Å². The van der Waals surface area contributed by atoms with Crippen LogP contribution in [0.1, 0.15) is 39.2 Å². The van der Waals surface area contributed by atoms with Gasteiger partial charge in [-0.15, -0.1) is 0 Å². The normalized spacial score (nSPS) is 24.5. The summed E-state index contributed by atoms with van der Waals surface area (Å²) in [6.07, 6.45) is 4.94. The average molecular weight is 390 g/mol. The molecule has 156 valence electrons. The topological polar surface area (TPSA) is 62.2 Å². The summed E-state index contributed by atoms with van der Waals surface area (Å²) >= 11 is 0. The maximum atomic E-state index is 5.81. The number of aromatic nitrogens is 1. The molecule has 0 radical (unpaired) electrons. The standard InChI is InChI=1S/C21H35N5O2/c1-5-27-19-8-10-25(11-9-19)21(22-4)24-13-18-6-7-20(23-12-18)26-14-16(2)28-17(3)15-26/h6-7,12,16-17,19H,5,8-11,13-15H2,1-4H3,(H,22,24). The molecular formula is C21H35N5O2. The van der Waals surface area contributed by atoms with Gasteiger partial charge in [-0.2, -0.15) is 0 Å². The minimum absolute atomic E-state index is 0.238. The van der Waals surface area contributed by atoms with Gasteiger partial charge in [0, 0.05) is 52.6 Å². The summed E-state index contributed by atoms with van der Waals surface area (Å²) in [5.41, 5.74) is 1.16. The van der Waals surface area contributed by atoms with Crippen molar-refractivity contribution in [3.63, 3.8) is 0 Å². The van der Waals surface area contributed by atoms with Crippen LogP contribution < -0.4 is 10.2 Å². The summed E-state index contributed by atoms with van der Waals surface area (Å²) < 4.78 is 11.6. The highest BCUT2D eigenvalue weighted by Gasteiger charge is 2.23. The molecule has 0 spiro atoms. The van der Waals surface area contributed by atoms with Gasteiger partial charge in [-0.05, 0) is 45.2 Å². The second-order valence-corrected chi connectivity index (χ2v) is 7.73. The molecule has 3 heterocycles. The number of morpholine rings is 1. The van der Waals surface area contributed by atoms with Crippen LogP contribution in [0, 0.1) is 0 Å². The van der Waals surface area contributed by atoms with E-state index in [4.69, 9.17) is 9.47 Å². The molecule has 0 aromatic carbocycles. The number of rotatable bonds is 5. The third-order valence-electron chi connectivity index (χ3n) is 5.36. The first-order chi connectivity index (χ1) is 13.6. The Morgan fingerprint density at radius 2 is 1.96 bits per heavy atom. The lowest BCUT2D eigenvalue weighted by atomic mass is 10.1. The predicted molar refractivity (Wildman–Crippen MR) is 113 cm³/mol. The third kappa shape index (κ3) is 5.58. The van der Waals surface area contributed by atoms with Crippen LogP contribution in [-0.4, -0.2) is 74.0 Å². The number of guanidine groups is 1. The van der Waals surface area contributed by atoms with Gasteiger partial charge in [0.15, 0.2) is 5.96 Å². The van der Waals surface area contributed by atoms with Crippen molar-refractivity contribution in [2.75, 3.05) is 44.7 Å². The Kier molecular flexibility index (Phi) is 7.50. The van der Waals surface area contributed by atoms with Gasteiger partial charge < -0.3 is 24.6 Å². The lowest BCUT2D eigenvalue weighted by Crippen LogP contribution is -2.46. The number of hydrogen-bond donors (Lipinski definition) is 1. The van der Waals surface area contributed by atoms with Crippen LogP contribution in [-0.2, 0) is 16.0 Å². The molecule has 7 heteroatoms. The van der Waals surface area contributed by atoms with Crippen LogP contribution in [0.15, 0.2) is 23.3 Å². The number of pyridine rings is 1. The minimum atomic E-state index is 0.238. The number of piperidine rings is 1. The number of ether oxygens (including phenoxy) is 2. The van der Waals surface area contributed by atoms with Crippen molar-refractivity contribution < 1.29 is 9.47 Å². The largest absolute Gasteiger partial charge is 0.378 e. The van der Waals surface area contributed by atoms with E-state index < -0.39 is 0 Å². The SMILES string of the molecule is CCOC1CCN(C(=NC)NCc2ccc(N3CC(C)OC(C)C3)nc2)CC1. The van der Waals surface area contributed by atoms with E-state index in [9.17, 15) is 0 Å². The number of nitrogens with zero attached hydrogens (tertiary/aromatic N) is 4. The molecule has 2 aliphatic heterocycles. The van der Waals surface area contributed by atoms with Gasteiger partial charge in [0.1, 0.15) is 5.82 Å². The molecule has 2 aliphatic rings. The van der Waals surface area contributed by atoms with E-state index in [1.165, 1.54) is 0 Å². The maximum absolute atomic E-state index is 5.81. The highest BCUT2D eigenvalue weighted by molar-refractivity contribution is 5.79. The smallest absolute Gasteiger partial charge is 0.193 e. The second kappa shape index (κ2) is 10.1. The summed E-state index contributed by atoms with van der Waals surface area (Å²) in [4.78, 5) is 13.7. The number of likely N-dealkylation sites (tertiary alicyclic amines) is 1. The average Bonchev–Trinajstić information content (AvgIpc) is 2.69. The van der Waals surface area contributed by atoms with Crippen molar-refractivity contribution in [3.8, 4) is 0 Å². The van der Waals surface area contributed by atoms with Crippen LogP contribution >= 0.6 is 0 Å². The molecule has 0 aliphatic carbocycles. The molecular weight excluding hydrogens is 354 g/mol. The van der Waals surface area contributed by atoms with Crippen molar-refractivity contribution in [3.05, 3.63) is 23.9 Å². The molecule has 28 heavy (non-hydrogen) atoms. The van der Waals surface area contributed by atoms with Gasteiger partial charge in [0.25, 0.3) is 0 Å². The first-order valence-electron chi connectivity index (χ1n) is 10.5. The quantitative estimate of drug-likeness (QED) is 0.616. The number of aliphatic imine (C=N–C) groups is 1. The Bertz CT molecular complexity index is 618. The molecule has 1 aromatic heterocycles. The number of anilines is 1. The van der Waals surface area contributed by atoms with Gasteiger partial charge in [-0.1, -0.05) is 6.07 Å². The fraction of sp³-hybridized carbons (Fsp3) is 0.714. The summed E-state index contributed by atoms with van der Waals surface area (Å²) in [6.45, 7) is 11.5. The Morgan fingerprint density at radius 1 is 1.25 bits per heavy atom. The summed E-state index contributed by atoms with van der Waals surface area (Å²) in [7, 11) is 1.85. The molecule has 0 bridgehead atoms. The van der Waals surface area contributed by atoms with Crippen molar-refractivity contribution in [2.24, 2.45) is 4.99 Å². The van der Waals surface area contributed by atoms with Crippen LogP contribution in [0.4, 0.5) is 5.82 Å². The number of nitrogens with one attached hydrogen (secondary N) is 1. The fourth-order valence-electron chi connectivity index (χ4n) is 4.06. The van der Waals surface area contributed by atoms with Crippen molar-refractivity contribution in [1.29, 1.82) is 0 Å². The van der Waals surface area contributed by atoms with Crippen LogP contribution in [0.25, 0.3) is 0 Å². The highest BCUT2D eigenvalue weighted by atomic mass is 16.5. The minimum Gasteiger partial charge on any atom is -0.378 e. The van der Waals surface area contributed by atoms with E-state index in [0.717, 1.165) is 69.5 Å². The van der Waals surface area contributed by atoms with Crippen LogP contribution in [0.5, 0.6) is 0 Å². The first kappa shape index (κ1) is 20.9. The van der Waals surface area contributed by atoms with E-state index in [1.807, 2.05) is 13.2 Å². The molecule has 2 fully saturated rings. The maximum Gasteiger partial charge on any atom is 0.193 e. The Morgan fingerprint density at radius 3 is 2.54 bits per heavy atom. The fourth-order valence-corrected chi connectivity index (χ4v) is 4.06. The van der Waals surface area contributed by atoms with Crippen molar-refractivity contribution in [1.82, 2.24) is 15.2 Å². The Labute approximate surface area is 169 Å². The zero-order valence-corrected chi connectivity index (χ0v) is 17.7. The monoisotopic (exact) mass is 389 g/mol. The molecule has 0 saturated carbocycles. The molecule has 3 rings (SSSR count). The lowest BCUT2D eigenvalue weighted by molar-refractivity contribution is -0.00546. The lowest BCUT2D eigenvalue weighted by Gasteiger charge is -2.36. The van der Waals surface area contributed by atoms with Gasteiger partial charge in [0.2, 0.25) is 0 Å². The van der Waals surface area contributed by atoms with Gasteiger partial charge in [0.05, 0.1) is 18.3 Å². The molecule has 1 N–H and O–H groups in total. The van der Waals surface area contributed by atoms with Gasteiger partial charge >= 0.3 is 0 Å². The zero-order valence-electron chi connectivity index (χ0n) is 17.7. The second-order valence-electron chi connectivity index (χ2n) is 7.73. The number of hydrogen-bond acceptors (Lipinski definition) is 5. The molecule has 0 amide bonds. The molecule has 1 aromatic rings. The molecule has 2 atom stereocenters. The summed E-state index contributed by atoms with van der Waals surface area (Å²) in [6, 6.07) is 4.26. The van der Waals surface area contributed by atoms with E-state index in [0.29, 0.717) is 6.10 Å². The first-order valence-corrected chi connectivity index (χ1v) is 10.5. The molecule has 2 saturated heterocycles. The zero-order chi connectivity index (χ0) is 19.9. The van der Waals surface area contributed by atoms with E-state index in [2.05, 4.69) is 58.0 Å². The van der Waals surface area contributed by atoms with E-state index in [1.54, 1.807) is 0 Å².